The number of nitrogens with zero attached hydrogens (tertiary/aromatic N) is 1. The van der Waals surface area contributed by atoms with Crippen LogP contribution in [0.4, 0.5) is 10.1 Å². The van der Waals surface area contributed by atoms with Crippen LogP contribution in [0.3, 0.4) is 0 Å². The molecular formula is C21H22BFN2O3. The molecule has 1 aliphatic heterocycles. The van der Waals surface area contributed by atoms with Gasteiger partial charge in [-0.2, -0.15) is 0 Å². The molecule has 0 aliphatic carbocycles. The molecule has 28 heavy (non-hydrogen) atoms. The van der Waals surface area contributed by atoms with Crippen molar-refractivity contribution in [3.63, 3.8) is 0 Å². The van der Waals surface area contributed by atoms with E-state index in [0.717, 1.165) is 17.0 Å². The van der Waals surface area contributed by atoms with Crippen molar-refractivity contribution in [1.29, 1.82) is 0 Å². The van der Waals surface area contributed by atoms with Crippen LogP contribution in [-0.4, -0.2) is 28.5 Å². The summed E-state index contributed by atoms with van der Waals surface area (Å²) in [5, 5.41) is 0. The summed E-state index contributed by atoms with van der Waals surface area (Å²) in [6.45, 7) is 7.98. The summed E-state index contributed by atoms with van der Waals surface area (Å²) in [6.07, 6.45) is 1.80. The Kier molecular flexibility index (Phi) is 4.14. The Bertz CT molecular complexity index is 1070. The van der Waals surface area contributed by atoms with Gasteiger partial charge in [0.1, 0.15) is 5.82 Å². The van der Waals surface area contributed by atoms with Crippen LogP contribution in [0.25, 0.3) is 5.52 Å². The van der Waals surface area contributed by atoms with Crippen molar-refractivity contribution < 1.29 is 18.5 Å². The van der Waals surface area contributed by atoms with Crippen molar-refractivity contribution in [2.45, 2.75) is 38.9 Å². The number of benzene rings is 1. The Balaban J connectivity index is 1.75. The zero-order valence-electron chi connectivity index (χ0n) is 16.3. The van der Waals surface area contributed by atoms with Gasteiger partial charge < -0.3 is 19.4 Å². The Hall–Kier alpha value is -2.64. The van der Waals surface area contributed by atoms with Gasteiger partial charge in [-0.05, 0) is 64.1 Å². The molecule has 2 aromatic heterocycles. The molecule has 2 N–H and O–H groups in total. The number of aromatic nitrogens is 1. The molecule has 0 atom stereocenters. The molecule has 0 bridgehead atoms. The fourth-order valence-corrected chi connectivity index (χ4v) is 3.33. The van der Waals surface area contributed by atoms with Gasteiger partial charge in [0, 0.05) is 22.7 Å². The SMILES string of the molecule is CC1(C)OB(c2cccn3c(C(=O)c4ccc(N)c(F)c4)ccc23)OC1(C)C. The van der Waals surface area contributed by atoms with Gasteiger partial charge in [0.25, 0.3) is 0 Å². The summed E-state index contributed by atoms with van der Waals surface area (Å²) >= 11 is 0. The molecule has 0 amide bonds. The summed E-state index contributed by atoms with van der Waals surface area (Å²) in [5.41, 5.74) is 6.92. The van der Waals surface area contributed by atoms with Crippen molar-refractivity contribution in [2.75, 3.05) is 5.73 Å². The van der Waals surface area contributed by atoms with Crippen molar-refractivity contribution >= 4 is 29.6 Å². The molecule has 4 rings (SSSR count). The number of hydrogen-bond donors (Lipinski definition) is 1. The maximum Gasteiger partial charge on any atom is 0.496 e. The summed E-state index contributed by atoms with van der Waals surface area (Å²) in [5.74, 6) is -0.894. The van der Waals surface area contributed by atoms with Gasteiger partial charge in [-0.3, -0.25) is 4.79 Å². The lowest BCUT2D eigenvalue weighted by Crippen LogP contribution is -2.41. The number of carbonyl (C=O) groups is 1. The van der Waals surface area contributed by atoms with Crippen LogP contribution in [0, 0.1) is 5.82 Å². The van der Waals surface area contributed by atoms with Gasteiger partial charge >= 0.3 is 7.12 Å². The van der Waals surface area contributed by atoms with E-state index in [-0.39, 0.29) is 17.0 Å². The second-order valence-electron chi connectivity index (χ2n) is 8.09. The first-order valence-corrected chi connectivity index (χ1v) is 9.16. The van der Waals surface area contributed by atoms with E-state index >= 15 is 0 Å². The lowest BCUT2D eigenvalue weighted by molar-refractivity contribution is 0.00578. The third kappa shape index (κ3) is 2.82. The molecule has 144 valence electrons. The molecule has 1 fully saturated rings. The number of ketones is 1. The van der Waals surface area contributed by atoms with Gasteiger partial charge in [0.15, 0.2) is 0 Å². The van der Waals surface area contributed by atoms with E-state index in [1.807, 2.05) is 45.9 Å². The number of nitrogen functional groups attached to an aromatic ring is 1. The lowest BCUT2D eigenvalue weighted by Gasteiger charge is -2.32. The van der Waals surface area contributed by atoms with Crippen molar-refractivity contribution in [2.24, 2.45) is 0 Å². The summed E-state index contributed by atoms with van der Waals surface area (Å²) in [7, 11) is -0.541. The van der Waals surface area contributed by atoms with E-state index in [4.69, 9.17) is 15.0 Å². The number of anilines is 1. The van der Waals surface area contributed by atoms with Gasteiger partial charge in [-0.1, -0.05) is 6.07 Å². The summed E-state index contributed by atoms with van der Waals surface area (Å²) in [6, 6.07) is 11.4. The van der Waals surface area contributed by atoms with E-state index in [9.17, 15) is 9.18 Å². The summed E-state index contributed by atoms with van der Waals surface area (Å²) in [4.78, 5) is 12.9. The minimum atomic E-state index is -0.607. The molecule has 5 nitrogen and oxygen atoms in total. The smallest absolute Gasteiger partial charge is 0.399 e. The average Bonchev–Trinajstić information content (AvgIpc) is 3.14. The predicted molar refractivity (Wildman–Crippen MR) is 107 cm³/mol. The Labute approximate surface area is 163 Å². The van der Waals surface area contributed by atoms with E-state index in [1.165, 1.54) is 12.1 Å². The molecule has 3 heterocycles. The molecule has 7 heteroatoms. The van der Waals surface area contributed by atoms with E-state index < -0.39 is 24.1 Å². The lowest BCUT2D eigenvalue weighted by atomic mass is 9.79. The van der Waals surface area contributed by atoms with Crippen molar-refractivity contribution in [3.05, 3.63) is 65.7 Å². The zero-order chi connectivity index (χ0) is 20.3. The van der Waals surface area contributed by atoms with Gasteiger partial charge in [-0.25, -0.2) is 4.39 Å². The van der Waals surface area contributed by atoms with Gasteiger partial charge in [0.2, 0.25) is 5.78 Å². The van der Waals surface area contributed by atoms with E-state index in [0.29, 0.717) is 5.69 Å². The predicted octanol–water partition coefficient (Wildman–Crippen LogP) is 3.19. The number of rotatable bonds is 3. The van der Waals surface area contributed by atoms with Gasteiger partial charge in [0.05, 0.1) is 22.6 Å². The molecule has 0 unspecified atom stereocenters. The fourth-order valence-electron chi connectivity index (χ4n) is 3.33. The number of nitrogens with two attached hydrogens (primary N) is 1. The Morgan fingerprint density at radius 3 is 2.39 bits per heavy atom. The van der Waals surface area contributed by atoms with E-state index in [2.05, 4.69) is 0 Å². The fraction of sp³-hybridized carbons (Fsp3) is 0.286. The monoisotopic (exact) mass is 380 g/mol. The van der Waals surface area contributed by atoms with E-state index in [1.54, 1.807) is 16.7 Å². The highest BCUT2D eigenvalue weighted by Crippen LogP contribution is 2.36. The Morgan fingerprint density at radius 2 is 1.75 bits per heavy atom. The third-order valence-corrected chi connectivity index (χ3v) is 5.73. The highest BCUT2D eigenvalue weighted by molar-refractivity contribution is 6.64. The van der Waals surface area contributed by atoms with Crippen LogP contribution in [-0.2, 0) is 9.31 Å². The topological polar surface area (TPSA) is 66.0 Å². The third-order valence-electron chi connectivity index (χ3n) is 5.73. The maximum atomic E-state index is 13.8. The average molecular weight is 380 g/mol. The van der Waals surface area contributed by atoms with Crippen LogP contribution in [0.1, 0.15) is 43.7 Å². The standard InChI is InChI=1S/C21H22BFN2O3/c1-20(2)21(3,4)28-22(27-20)14-6-5-11-25-17(14)9-10-18(25)19(26)13-7-8-16(24)15(23)12-13/h5-12H,24H2,1-4H3. The molecule has 3 aromatic rings. The van der Waals surface area contributed by atoms with Crippen LogP contribution in [0.5, 0.6) is 0 Å². The highest BCUT2D eigenvalue weighted by atomic mass is 19.1. The van der Waals surface area contributed by atoms with Crippen LogP contribution >= 0.6 is 0 Å². The normalized spacial score (nSPS) is 18.0. The molecule has 0 saturated carbocycles. The first kappa shape index (κ1) is 18.7. The first-order valence-electron chi connectivity index (χ1n) is 9.16. The zero-order valence-corrected chi connectivity index (χ0v) is 16.3. The Morgan fingerprint density at radius 1 is 1.07 bits per heavy atom. The molecular weight excluding hydrogens is 358 g/mol. The number of hydrogen-bond acceptors (Lipinski definition) is 4. The van der Waals surface area contributed by atoms with Crippen LogP contribution in [0.2, 0.25) is 0 Å². The molecule has 1 aliphatic rings. The molecule has 0 radical (unpaired) electrons. The minimum Gasteiger partial charge on any atom is -0.399 e. The van der Waals surface area contributed by atoms with Crippen molar-refractivity contribution in [3.8, 4) is 0 Å². The number of fused-ring (bicyclic) bond motifs is 1. The molecule has 0 spiro atoms. The largest absolute Gasteiger partial charge is 0.496 e. The van der Waals surface area contributed by atoms with Crippen LogP contribution in [0.15, 0.2) is 48.7 Å². The highest BCUT2D eigenvalue weighted by Gasteiger charge is 2.52. The number of carbonyl (C=O) groups excluding carboxylic acids is 1. The second kappa shape index (κ2) is 6.19. The minimum absolute atomic E-state index is 0.0135. The summed E-state index contributed by atoms with van der Waals surface area (Å²) < 4.78 is 27.9. The van der Waals surface area contributed by atoms with Gasteiger partial charge in [-0.15, -0.1) is 0 Å². The van der Waals surface area contributed by atoms with Crippen molar-refractivity contribution in [1.82, 2.24) is 4.40 Å². The van der Waals surface area contributed by atoms with Crippen LogP contribution < -0.4 is 11.2 Å². The molecule has 1 aromatic carbocycles. The number of pyridine rings is 1. The molecule has 1 saturated heterocycles. The number of halogens is 1. The maximum absolute atomic E-state index is 13.8. The first-order chi connectivity index (χ1) is 13.1. The quantitative estimate of drug-likeness (QED) is 0.431. The second-order valence-corrected chi connectivity index (χ2v) is 8.09.